The third-order valence-electron chi connectivity index (χ3n) is 5.19. The predicted octanol–water partition coefficient (Wildman–Crippen LogP) is 3.48. The molecule has 1 saturated carbocycles. The SMILES string of the molecule is CC1(NC(=O)c2cc(N3CC(C(=O)c4cccc(F)c4)C3)ncc2Cl)CC1. The Morgan fingerprint density at radius 2 is 2.04 bits per heavy atom. The lowest BCUT2D eigenvalue weighted by Gasteiger charge is -2.39. The summed E-state index contributed by atoms with van der Waals surface area (Å²) in [6.07, 6.45) is 3.39. The van der Waals surface area contributed by atoms with Crippen molar-refractivity contribution in [2.45, 2.75) is 25.3 Å². The number of rotatable bonds is 5. The number of nitrogens with one attached hydrogen (secondary N) is 1. The Hall–Kier alpha value is -2.47. The lowest BCUT2D eigenvalue weighted by molar-refractivity contribution is 0.0894. The van der Waals surface area contributed by atoms with Gasteiger partial charge in [0.1, 0.15) is 11.6 Å². The Labute approximate surface area is 161 Å². The van der Waals surface area contributed by atoms with Gasteiger partial charge < -0.3 is 10.2 Å². The average Bonchev–Trinajstić information content (AvgIpc) is 3.31. The van der Waals surface area contributed by atoms with Crippen LogP contribution in [0.15, 0.2) is 36.5 Å². The summed E-state index contributed by atoms with van der Waals surface area (Å²) >= 11 is 6.15. The monoisotopic (exact) mass is 387 g/mol. The van der Waals surface area contributed by atoms with Crippen molar-refractivity contribution in [1.82, 2.24) is 10.3 Å². The van der Waals surface area contributed by atoms with Gasteiger partial charge in [0, 0.05) is 30.4 Å². The number of amides is 1. The highest BCUT2D eigenvalue weighted by atomic mass is 35.5. The highest BCUT2D eigenvalue weighted by Crippen LogP contribution is 2.35. The minimum absolute atomic E-state index is 0.0839. The zero-order chi connectivity index (χ0) is 19.2. The van der Waals surface area contributed by atoms with Gasteiger partial charge in [0.25, 0.3) is 5.91 Å². The van der Waals surface area contributed by atoms with Gasteiger partial charge >= 0.3 is 0 Å². The molecule has 1 aliphatic heterocycles. The zero-order valence-electron chi connectivity index (χ0n) is 14.8. The van der Waals surface area contributed by atoms with Crippen LogP contribution >= 0.6 is 11.6 Å². The number of aromatic nitrogens is 1. The van der Waals surface area contributed by atoms with E-state index in [1.807, 2.05) is 11.8 Å². The van der Waals surface area contributed by atoms with Gasteiger partial charge in [-0.15, -0.1) is 0 Å². The molecule has 27 heavy (non-hydrogen) atoms. The molecule has 0 radical (unpaired) electrons. The normalized spacial score (nSPS) is 18.0. The topological polar surface area (TPSA) is 62.3 Å². The zero-order valence-corrected chi connectivity index (χ0v) is 15.6. The molecule has 1 saturated heterocycles. The molecule has 0 atom stereocenters. The van der Waals surface area contributed by atoms with E-state index in [-0.39, 0.29) is 23.1 Å². The van der Waals surface area contributed by atoms with Crippen molar-refractivity contribution in [2.24, 2.45) is 5.92 Å². The number of benzene rings is 1. The molecule has 2 aliphatic rings. The van der Waals surface area contributed by atoms with Gasteiger partial charge in [-0.1, -0.05) is 23.7 Å². The molecule has 2 aromatic rings. The largest absolute Gasteiger partial charge is 0.355 e. The van der Waals surface area contributed by atoms with Crippen molar-refractivity contribution >= 4 is 29.1 Å². The number of hydrogen-bond donors (Lipinski definition) is 1. The minimum Gasteiger partial charge on any atom is -0.355 e. The van der Waals surface area contributed by atoms with Gasteiger partial charge in [0.2, 0.25) is 0 Å². The van der Waals surface area contributed by atoms with E-state index in [1.54, 1.807) is 12.1 Å². The first kappa shape index (κ1) is 17.9. The van der Waals surface area contributed by atoms with Crippen LogP contribution in [0.2, 0.25) is 5.02 Å². The lowest BCUT2D eigenvalue weighted by Crippen LogP contribution is -2.51. The van der Waals surface area contributed by atoms with Gasteiger partial charge in [0.15, 0.2) is 5.78 Å². The van der Waals surface area contributed by atoms with Crippen molar-refractivity contribution in [1.29, 1.82) is 0 Å². The summed E-state index contributed by atoms with van der Waals surface area (Å²) in [6, 6.07) is 7.38. The van der Waals surface area contributed by atoms with Gasteiger partial charge in [0.05, 0.1) is 16.5 Å². The van der Waals surface area contributed by atoms with Crippen LogP contribution in [-0.2, 0) is 0 Å². The van der Waals surface area contributed by atoms with E-state index < -0.39 is 5.82 Å². The van der Waals surface area contributed by atoms with Crippen LogP contribution < -0.4 is 10.2 Å². The van der Waals surface area contributed by atoms with E-state index >= 15 is 0 Å². The summed E-state index contributed by atoms with van der Waals surface area (Å²) in [5.41, 5.74) is 0.624. The van der Waals surface area contributed by atoms with Crippen LogP contribution in [0.25, 0.3) is 0 Å². The third kappa shape index (κ3) is 3.67. The second-order valence-corrected chi connectivity index (χ2v) is 7.92. The van der Waals surface area contributed by atoms with Crippen LogP contribution in [-0.4, -0.2) is 35.3 Å². The van der Waals surface area contributed by atoms with Gasteiger partial charge in [-0.2, -0.15) is 0 Å². The molecule has 140 valence electrons. The number of hydrogen-bond acceptors (Lipinski definition) is 4. The van der Waals surface area contributed by atoms with Gasteiger partial charge in [-0.05, 0) is 38.0 Å². The molecule has 0 unspecified atom stereocenters. The fourth-order valence-corrected chi connectivity index (χ4v) is 3.33. The number of ketones is 1. The number of carbonyl (C=O) groups is 2. The van der Waals surface area contributed by atoms with Gasteiger partial charge in [-0.3, -0.25) is 9.59 Å². The van der Waals surface area contributed by atoms with E-state index in [1.165, 1.54) is 24.4 Å². The molecule has 1 aliphatic carbocycles. The maximum atomic E-state index is 13.3. The van der Waals surface area contributed by atoms with E-state index in [9.17, 15) is 14.0 Å². The first-order valence-corrected chi connectivity index (χ1v) is 9.25. The number of anilines is 1. The fraction of sp³-hybridized carbons (Fsp3) is 0.350. The van der Waals surface area contributed by atoms with Crippen molar-refractivity contribution in [3.8, 4) is 0 Å². The molecule has 7 heteroatoms. The third-order valence-corrected chi connectivity index (χ3v) is 5.49. The van der Waals surface area contributed by atoms with Crippen LogP contribution in [0.4, 0.5) is 10.2 Å². The maximum absolute atomic E-state index is 13.3. The van der Waals surface area contributed by atoms with Crippen LogP contribution in [0.1, 0.15) is 40.5 Å². The predicted molar refractivity (Wildman–Crippen MR) is 101 cm³/mol. The summed E-state index contributed by atoms with van der Waals surface area (Å²) in [7, 11) is 0. The smallest absolute Gasteiger partial charge is 0.253 e. The lowest BCUT2D eigenvalue weighted by atomic mass is 9.90. The first-order valence-electron chi connectivity index (χ1n) is 8.87. The number of Topliss-reactive ketones (excluding diaryl/α,β-unsaturated/α-hetero) is 1. The van der Waals surface area contributed by atoms with Crippen LogP contribution in [0.5, 0.6) is 0 Å². The van der Waals surface area contributed by atoms with Crippen LogP contribution in [0.3, 0.4) is 0 Å². The second kappa shape index (κ2) is 6.60. The Balaban J connectivity index is 1.44. The Morgan fingerprint density at radius 1 is 1.30 bits per heavy atom. The average molecular weight is 388 g/mol. The van der Waals surface area contributed by atoms with Crippen molar-refractivity contribution in [2.75, 3.05) is 18.0 Å². The summed E-state index contributed by atoms with van der Waals surface area (Å²) in [4.78, 5) is 31.1. The minimum atomic E-state index is -0.420. The Bertz CT molecular complexity index is 923. The Morgan fingerprint density at radius 3 is 2.70 bits per heavy atom. The second-order valence-electron chi connectivity index (χ2n) is 7.51. The first-order chi connectivity index (χ1) is 12.8. The van der Waals surface area contributed by atoms with Gasteiger partial charge in [-0.25, -0.2) is 9.37 Å². The molecule has 1 aromatic heterocycles. The van der Waals surface area contributed by atoms with Crippen molar-refractivity contribution < 1.29 is 14.0 Å². The van der Waals surface area contributed by atoms with Crippen molar-refractivity contribution in [3.05, 3.63) is 58.5 Å². The maximum Gasteiger partial charge on any atom is 0.253 e. The molecule has 1 amide bonds. The fourth-order valence-electron chi connectivity index (χ4n) is 3.14. The molecular formula is C20H19ClFN3O2. The number of carbonyl (C=O) groups excluding carboxylic acids is 2. The summed E-state index contributed by atoms with van der Waals surface area (Å²) < 4.78 is 13.3. The summed E-state index contributed by atoms with van der Waals surface area (Å²) in [6.45, 7) is 2.95. The number of pyridine rings is 1. The molecule has 0 bridgehead atoms. The molecule has 2 heterocycles. The molecule has 1 N–H and O–H groups in total. The van der Waals surface area contributed by atoms with E-state index in [4.69, 9.17) is 11.6 Å². The number of halogens is 2. The quantitative estimate of drug-likeness (QED) is 0.798. The van der Waals surface area contributed by atoms with Crippen molar-refractivity contribution in [3.63, 3.8) is 0 Å². The highest BCUT2D eigenvalue weighted by molar-refractivity contribution is 6.33. The summed E-state index contributed by atoms with van der Waals surface area (Å²) in [5, 5.41) is 3.28. The molecule has 2 fully saturated rings. The molecular weight excluding hydrogens is 369 g/mol. The molecule has 1 aromatic carbocycles. The summed E-state index contributed by atoms with van der Waals surface area (Å²) in [5.74, 6) is -0.326. The number of nitrogens with zero attached hydrogens (tertiary/aromatic N) is 2. The van der Waals surface area contributed by atoms with E-state index in [2.05, 4.69) is 10.3 Å². The highest BCUT2D eigenvalue weighted by Gasteiger charge is 2.39. The molecule has 0 spiro atoms. The molecule has 5 nitrogen and oxygen atoms in total. The molecule has 4 rings (SSSR count). The Kier molecular flexibility index (Phi) is 4.38. The van der Waals surface area contributed by atoms with E-state index in [0.29, 0.717) is 35.1 Å². The van der Waals surface area contributed by atoms with Crippen LogP contribution in [0, 0.1) is 11.7 Å². The standard InChI is InChI=1S/C20H19ClFN3O2/c1-20(5-6-20)24-19(27)15-8-17(23-9-16(15)21)25-10-13(11-25)18(26)12-3-2-4-14(22)7-12/h2-4,7-9,13H,5-6,10-11H2,1H3,(H,24,27). The van der Waals surface area contributed by atoms with E-state index in [0.717, 1.165) is 12.8 Å².